The van der Waals surface area contributed by atoms with E-state index >= 15 is 0 Å². The second-order valence-electron chi connectivity index (χ2n) is 3.61. The highest BCUT2D eigenvalue weighted by Gasteiger charge is 1.87. The van der Waals surface area contributed by atoms with Crippen LogP contribution in [0, 0.1) is 18.9 Å². The van der Waals surface area contributed by atoms with Crippen molar-refractivity contribution in [1.82, 2.24) is 0 Å². The second-order valence-corrected chi connectivity index (χ2v) is 3.61. The van der Waals surface area contributed by atoms with Crippen LogP contribution in [0.3, 0.4) is 0 Å². The number of nitrogens with one attached hydrogen (secondary N) is 1. The Morgan fingerprint density at radius 2 is 1.56 bits per heavy atom. The van der Waals surface area contributed by atoms with Crippen LogP contribution >= 0.6 is 0 Å². The van der Waals surface area contributed by atoms with E-state index < -0.39 is 0 Å². The second kappa shape index (κ2) is 5.04. The molecule has 0 fully saturated rings. The molecule has 0 saturated carbocycles. The molecule has 0 atom stereocenters. The van der Waals surface area contributed by atoms with Crippen molar-refractivity contribution in [2.24, 2.45) is 0 Å². The zero-order chi connectivity index (χ0) is 11.2. The number of anilines is 1. The van der Waals surface area contributed by atoms with Gasteiger partial charge < -0.3 is 5.32 Å². The molecule has 0 bridgehead atoms. The fraction of sp³-hybridized carbons (Fsp3) is 0.0667. The van der Waals surface area contributed by atoms with Crippen LogP contribution in [0.25, 0.3) is 0 Å². The summed E-state index contributed by atoms with van der Waals surface area (Å²) in [5.74, 6) is 3.05. The molecule has 2 aromatic carbocycles. The van der Waals surface area contributed by atoms with E-state index in [9.17, 15) is 0 Å². The fourth-order valence-corrected chi connectivity index (χ4v) is 1.33. The number of hydrogen-bond donors (Lipinski definition) is 1. The summed E-state index contributed by atoms with van der Waals surface area (Å²) in [6.45, 7) is 2.07. The maximum atomic E-state index is 3.06. The summed E-state index contributed by atoms with van der Waals surface area (Å²) in [6.07, 6.45) is 0. The monoisotopic (exact) mass is 207 g/mol. The quantitative estimate of drug-likeness (QED) is 0.558. The van der Waals surface area contributed by atoms with E-state index in [0.29, 0.717) is 0 Å². The van der Waals surface area contributed by atoms with Gasteiger partial charge >= 0.3 is 0 Å². The van der Waals surface area contributed by atoms with Gasteiger partial charge in [-0.1, -0.05) is 35.9 Å². The zero-order valence-electron chi connectivity index (χ0n) is 9.20. The van der Waals surface area contributed by atoms with Crippen molar-refractivity contribution in [2.45, 2.75) is 6.92 Å². The van der Waals surface area contributed by atoms with E-state index in [-0.39, 0.29) is 0 Å². The molecule has 16 heavy (non-hydrogen) atoms. The molecule has 0 heterocycles. The van der Waals surface area contributed by atoms with Gasteiger partial charge in [-0.25, -0.2) is 0 Å². The summed E-state index contributed by atoms with van der Waals surface area (Å²) < 4.78 is 0. The SMILES string of the molecule is Cc1ccc(NC#Cc2ccccc2)cc1. The van der Waals surface area contributed by atoms with Gasteiger partial charge in [0.15, 0.2) is 0 Å². The lowest BCUT2D eigenvalue weighted by Gasteiger charge is -1.97. The van der Waals surface area contributed by atoms with Crippen LogP contribution in [0.2, 0.25) is 0 Å². The van der Waals surface area contributed by atoms with Gasteiger partial charge in [0, 0.05) is 17.3 Å². The molecule has 0 saturated heterocycles. The maximum absolute atomic E-state index is 3.06. The first-order valence-electron chi connectivity index (χ1n) is 5.23. The van der Waals surface area contributed by atoms with Crippen LogP contribution in [0.5, 0.6) is 0 Å². The zero-order valence-corrected chi connectivity index (χ0v) is 9.20. The molecule has 1 N–H and O–H groups in total. The maximum Gasteiger partial charge on any atom is 0.0459 e. The van der Waals surface area contributed by atoms with E-state index in [1.54, 1.807) is 0 Å². The van der Waals surface area contributed by atoms with Crippen LogP contribution in [0.15, 0.2) is 54.6 Å². The van der Waals surface area contributed by atoms with Crippen LogP contribution < -0.4 is 5.32 Å². The lowest BCUT2D eigenvalue weighted by Crippen LogP contribution is -1.87. The number of aryl methyl sites for hydroxylation is 1. The van der Waals surface area contributed by atoms with Crippen molar-refractivity contribution in [3.05, 3.63) is 65.7 Å². The molecule has 0 aromatic heterocycles. The summed E-state index contributed by atoms with van der Waals surface area (Å²) in [5, 5.41) is 3.06. The van der Waals surface area contributed by atoms with E-state index in [4.69, 9.17) is 0 Å². The molecule has 0 aliphatic carbocycles. The van der Waals surface area contributed by atoms with E-state index in [1.165, 1.54) is 5.56 Å². The van der Waals surface area contributed by atoms with Crippen LogP contribution in [0.1, 0.15) is 11.1 Å². The molecule has 2 aromatic rings. The lowest BCUT2D eigenvalue weighted by molar-refractivity contribution is 1.46. The molecule has 2 rings (SSSR count). The van der Waals surface area contributed by atoms with Crippen LogP contribution in [0.4, 0.5) is 5.69 Å². The molecule has 0 aliphatic rings. The Labute approximate surface area is 96.1 Å². The Balaban J connectivity index is 2.03. The third-order valence-electron chi connectivity index (χ3n) is 2.24. The first-order valence-corrected chi connectivity index (χ1v) is 5.23. The minimum absolute atomic E-state index is 1.02. The highest BCUT2D eigenvalue weighted by Crippen LogP contribution is 2.07. The van der Waals surface area contributed by atoms with Gasteiger partial charge in [-0.2, -0.15) is 0 Å². The smallest absolute Gasteiger partial charge is 0.0459 e. The summed E-state index contributed by atoms with van der Waals surface area (Å²) in [4.78, 5) is 0. The predicted molar refractivity (Wildman–Crippen MR) is 68.1 cm³/mol. The van der Waals surface area contributed by atoms with Gasteiger partial charge in [0.25, 0.3) is 0 Å². The number of benzene rings is 2. The predicted octanol–water partition coefficient (Wildman–Crippen LogP) is 3.42. The van der Waals surface area contributed by atoms with Crippen molar-refractivity contribution in [3.63, 3.8) is 0 Å². The van der Waals surface area contributed by atoms with E-state index in [0.717, 1.165) is 11.3 Å². The highest BCUT2D eigenvalue weighted by molar-refractivity contribution is 5.50. The summed E-state index contributed by atoms with van der Waals surface area (Å²) >= 11 is 0. The summed E-state index contributed by atoms with van der Waals surface area (Å²) in [6, 6.07) is 21.0. The van der Waals surface area contributed by atoms with Gasteiger partial charge in [0.2, 0.25) is 0 Å². The van der Waals surface area contributed by atoms with Crippen molar-refractivity contribution in [1.29, 1.82) is 0 Å². The third kappa shape index (κ3) is 2.90. The largest absolute Gasteiger partial charge is 0.315 e. The Kier molecular flexibility index (Phi) is 3.25. The molecule has 0 aliphatic heterocycles. The van der Waals surface area contributed by atoms with Crippen molar-refractivity contribution in [2.75, 3.05) is 5.32 Å². The van der Waals surface area contributed by atoms with Crippen molar-refractivity contribution in [3.8, 4) is 12.0 Å². The molecular formula is C15H13N. The Bertz CT molecular complexity index is 501. The van der Waals surface area contributed by atoms with Gasteiger partial charge in [0.1, 0.15) is 0 Å². The number of rotatable bonds is 1. The van der Waals surface area contributed by atoms with Gasteiger partial charge in [-0.3, -0.25) is 0 Å². The average molecular weight is 207 g/mol. The molecule has 0 spiro atoms. The molecular weight excluding hydrogens is 194 g/mol. The Morgan fingerprint density at radius 1 is 0.875 bits per heavy atom. The molecule has 0 unspecified atom stereocenters. The molecule has 0 amide bonds. The number of hydrogen-bond acceptors (Lipinski definition) is 1. The Hall–Kier alpha value is -2.20. The molecule has 1 heteroatoms. The summed E-state index contributed by atoms with van der Waals surface area (Å²) in [7, 11) is 0. The molecule has 1 nitrogen and oxygen atoms in total. The molecule has 0 radical (unpaired) electrons. The normalized spacial score (nSPS) is 9.06. The van der Waals surface area contributed by atoms with Crippen LogP contribution in [-0.4, -0.2) is 0 Å². The summed E-state index contributed by atoms with van der Waals surface area (Å²) in [5.41, 5.74) is 3.29. The van der Waals surface area contributed by atoms with E-state index in [2.05, 4.69) is 36.3 Å². The first-order chi connectivity index (χ1) is 7.84. The van der Waals surface area contributed by atoms with Crippen molar-refractivity contribution >= 4 is 5.69 Å². The van der Waals surface area contributed by atoms with Gasteiger partial charge in [-0.15, -0.1) is 0 Å². The third-order valence-corrected chi connectivity index (χ3v) is 2.24. The first kappa shape index (κ1) is 10.3. The average Bonchev–Trinajstić information content (AvgIpc) is 2.33. The minimum atomic E-state index is 1.02. The standard InChI is InChI=1S/C15H13N/c1-13-7-9-15(10-8-13)16-12-11-14-5-3-2-4-6-14/h2-10,16H,1H3. The van der Waals surface area contributed by atoms with E-state index in [1.807, 2.05) is 42.5 Å². The van der Waals surface area contributed by atoms with Crippen molar-refractivity contribution < 1.29 is 0 Å². The lowest BCUT2D eigenvalue weighted by atomic mass is 10.2. The topological polar surface area (TPSA) is 12.0 Å². The van der Waals surface area contributed by atoms with Gasteiger partial charge in [0.05, 0.1) is 0 Å². The van der Waals surface area contributed by atoms with Crippen LogP contribution in [-0.2, 0) is 0 Å². The Morgan fingerprint density at radius 3 is 2.25 bits per heavy atom. The minimum Gasteiger partial charge on any atom is -0.315 e. The highest BCUT2D eigenvalue weighted by atomic mass is 14.8. The molecule has 78 valence electrons. The van der Waals surface area contributed by atoms with Gasteiger partial charge in [-0.05, 0) is 37.1 Å². The fourth-order valence-electron chi connectivity index (χ4n) is 1.33.